The van der Waals surface area contributed by atoms with Crippen LogP contribution in [0.3, 0.4) is 0 Å². The second kappa shape index (κ2) is 10.4. The predicted octanol–water partition coefficient (Wildman–Crippen LogP) is 4.24. The first-order valence-electron chi connectivity index (χ1n) is 10.7. The van der Waals surface area contributed by atoms with Crippen molar-refractivity contribution < 1.29 is 9.59 Å². The SMILES string of the molecule is CC(C)CC[C@H](NC(=O)c1ccccc1)C(=O)CN1CCCc2ccccc2C1. The van der Waals surface area contributed by atoms with Gasteiger partial charge < -0.3 is 5.32 Å². The molecule has 0 fully saturated rings. The van der Waals surface area contributed by atoms with Gasteiger partial charge in [-0.05, 0) is 61.4 Å². The number of fused-ring (bicyclic) bond motifs is 1. The molecule has 1 atom stereocenters. The minimum atomic E-state index is -0.441. The molecule has 1 aliphatic heterocycles. The maximum atomic E-state index is 13.2. The number of nitrogens with one attached hydrogen (secondary N) is 1. The quantitative estimate of drug-likeness (QED) is 0.731. The summed E-state index contributed by atoms with van der Waals surface area (Å²) in [4.78, 5) is 28.0. The molecule has 0 aliphatic carbocycles. The highest BCUT2D eigenvalue weighted by Crippen LogP contribution is 2.19. The van der Waals surface area contributed by atoms with Crippen LogP contribution in [0.1, 0.15) is 54.6 Å². The van der Waals surface area contributed by atoms with E-state index < -0.39 is 6.04 Å². The van der Waals surface area contributed by atoms with Crippen molar-refractivity contribution in [3.05, 3.63) is 71.3 Å². The number of ketones is 1. The lowest BCUT2D eigenvalue weighted by Crippen LogP contribution is -2.45. The molecule has 2 aromatic carbocycles. The van der Waals surface area contributed by atoms with Crippen LogP contribution in [0, 0.1) is 5.92 Å². The third-order valence-corrected chi connectivity index (χ3v) is 5.57. The van der Waals surface area contributed by atoms with Gasteiger partial charge >= 0.3 is 0 Å². The normalized spacial score (nSPS) is 15.4. The van der Waals surface area contributed by atoms with Crippen molar-refractivity contribution in [3.63, 3.8) is 0 Å². The highest BCUT2D eigenvalue weighted by Gasteiger charge is 2.24. The number of carbonyl (C=O) groups is 2. The van der Waals surface area contributed by atoms with E-state index in [0.717, 1.165) is 32.4 Å². The third-order valence-electron chi connectivity index (χ3n) is 5.57. The van der Waals surface area contributed by atoms with Gasteiger partial charge in [0.15, 0.2) is 5.78 Å². The van der Waals surface area contributed by atoms with E-state index in [0.29, 0.717) is 24.4 Å². The van der Waals surface area contributed by atoms with Gasteiger partial charge in [-0.3, -0.25) is 14.5 Å². The van der Waals surface area contributed by atoms with Crippen molar-refractivity contribution in [1.29, 1.82) is 0 Å². The van der Waals surface area contributed by atoms with Crippen LogP contribution in [-0.2, 0) is 17.8 Å². The number of benzene rings is 2. The first-order valence-corrected chi connectivity index (χ1v) is 10.7. The number of nitrogens with zero attached hydrogens (tertiary/aromatic N) is 1. The first kappa shape index (κ1) is 21.3. The molecule has 0 radical (unpaired) electrons. The predicted molar refractivity (Wildman–Crippen MR) is 117 cm³/mol. The fraction of sp³-hybridized carbons (Fsp3) is 0.440. The summed E-state index contributed by atoms with van der Waals surface area (Å²) in [6.07, 6.45) is 3.70. The van der Waals surface area contributed by atoms with Gasteiger partial charge in [-0.2, -0.15) is 0 Å². The Balaban J connectivity index is 1.66. The summed E-state index contributed by atoms with van der Waals surface area (Å²) in [7, 11) is 0. The average Bonchev–Trinajstić information content (AvgIpc) is 2.93. The zero-order valence-corrected chi connectivity index (χ0v) is 17.6. The van der Waals surface area contributed by atoms with Crippen molar-refractivity contribution in [1.82, 2.24) is 10.2 Å². The number of aryl methyl sites for hydroxylation is 1. The zero-order chi connectivity index (χ0) is 20.6. The van der Waals surface area contributed by atoms with Gasteiger partial charge in [-0.1, -0.05) is 56.3 Å². The highest BCUT2D eigenvalue weighted by atomic mass is 16.2. The van der Waals surface area contributed by atoms with E-state index in [1.54, 1.807) is 12.1 Å². The van der Waals surface area contributed by atoms with Crippen molar-refractivity contribution >= 4 is 11.7 Å². The molecule has 1 amide bonds. The van der Waals surface area contributed by atoms with E-state index in [4.69, 9.17) is 0 Å². The Morgan fingerprint density at radius 1 is 0.966 bits per heavy atom. The molecule has 4 heteroatoms. The number of Topliss-reactive ketones (excluding diaryl/α,β-unsaturated/α-hetero) is 1. The first-order chi connectivity index (χ1) is 14.0. The van der Waals surface area contributed by atoms with Gasteiger partial charge in [0.2, 0.25) is 0 Å². The second-order valence-corrected chi connectivity index (χ2v) is 8.41. The largest absolute Gasteiger partial charge is 0.342 e. The molecule has 4 nitrogen and oxygen atoms in total. The van der Waals surface area contributed by atoms with Gasteiger partial charge in [-0.15, -0.1) is 0 Å². The molecular formula is C25H32N2O2. The van der Waals surface area contributed by atoms with Crippen LogP contribution in [0.15, 0.2) is 54.6 Å². The van der Waals surface area contributed by atoms with Crippen LogP contribution in [0.2, 0.25) is 0 Å². The van der Waals surface area contributed by atoms with E-state index in [-0.39, 0.29) is 11.7 Å². The second-order valence-electron chi connectivity index (χ2n) is 8.41. The summed E-state index contributed by atoms with van der Waals surface area (Å²) in [5, 5.41) is 3.00. The maximum Gasteiger partial charge on any atom is 0.251 e. The van der Waals surface area contributed by atoms with Gasteiger partial charge in [0.1, 0.15) is 0 Å². The highest BCUT2D eigenvalue weighted by molar-refractivity contribution is 5.98. The summed E-state index contributed by atoms with van der Waals surface area (Å²) in [5.74, 6) is 0.423. The van der Waals surface area contributed by atoms with Crippen LogP contribution in [-0.4, -0.2) is 35.7 Å². The molecule has 0 aromatic heterocycles. The smallest absolute Gasteiger partial charge is 0.251 e. The lowest BCUT2D eigenvalue weighted by Gasteiger charge is -2.24. The molecule has 0 saturated carbocycles. The summed E-state index contributed by atoms with van der Waals surface area (Å²) >= 11 is 0. The Labute approximate surface area is 174 Å². The van der Waals surface area contributed by atoms with Crippen LogP contribution in [0.25, 0.3) is 0 Å². The Morgan fingerprint density at radius 2 is 1.66 bits per heavy atom. The number of carbonyl (C=O) groups excluding carboxylic acids is 2. The van der Waals surface area contributed by atoms with E-state index in [1.165, 1.54) is 11.1 Å². The summed E-state index contributed by atoms with van der Waals surface area (Å²) in [5.41, 5.74) is 3.29. The molecule has 1 N–H and O–H groups in total. The Bertz CT molecular complexity index is 817. The van der Waals surface area contributed by atoms with Crippen molar-refractivity contribution in [2.45, 2.75) is 52.1 Å². The molecule has 0 bridgehead atoms. The maximum absolute atomic E-state index is 13.2. The lowest BCUT2D eigenvalue weighted by molar-refractivity contribution is -0.122. The number of amides is 1. The summed E-state index contributed by atoms with van der Waals surface area (Å²) in [6, 6.07) is 17.2. The molecule has 3 rings (SSSR count). The Kier molecular flexibility index (Phi) is 7.59. The van der Waals surface area contributed by atoms with E-state index in [9.17, 15) is 9.59 Å². The third kappa shape index (κ3) is 6.26. The standard InChI is InChI=1S/C25H32N2O2/c1-19(2)14-15-23(26-25(29)21-10-4-3-5-11-21)24(28)18-27-16-8-13-20-9-6-7-12-22(20)17-27/h3-7,9-12,19,23H,8,13-18H2,1-2H3,(H,26,29)/t23-/m0/s1. The molecule has 1 aliphatic rings. The van der Waals surface area contributed by atoms with E-state index >= 15 is 0 Å². The number of hydrogen-bond donors (Lipinski definition) is 1. The summed E-state index contributed by atoms with van der Waals surface area (Å²) in [6.45, 7) is 6.38. The number of rotatable bonds is 8. The zero-order valence-electron chi connectivity index (χ0n) is 17.6. The average molecular weight is 393 g/mol. The number of hydrogen-bond acceptors (Lipinski definition) is 3. The molecule has 0 unspecified atom stereocenters. The monoisotopic (exact) mass is 392 g/mol. The lowest BCUT2D eigenvalue weighted by atomic mass is 9.99. The van der Waals surface area contributed by atoms with Gasteiger partial charge in [0.05, 0.1) is 12.6 Å². The summed E-state index contributed by atoms with van der Waals surface area (Å²) < 4.78 is 0. The van der Waals surface area contributed by atoms with Crippen molar-refractivity contribution in [2.24, 2.45) is 5.92 Å². The molecule has 1 heterocycles. The van der Waals surface area contributed by atoms with Crippen LogP contribution < -0.4 is 5.32 Å². The van der Waals surface area contributed by atoms with Gasteiger partial charge in [0.25, 0.3) is 5.91 Å². The molecule has 2 aromatic rings. The van der Waals surface area contributed by atoms with Crippen LogP contribution >= 0.6 is 0 Å². The topological polar surface area (TPSA) is 49.4 Å². The Hall–Kier alpha value is -2.46. The van der Waals surface area contributed by atoms with E-state index in [1.807, 2.05) is 18.2 Å². The van der Waals surface area contributed by atoms with Crippen molar-refractivity contribution in [3.8, 4) is 0 Å². The molecule has 29 heavy (non-hydrogen) atoms. The molecular weight excluding hydrogens is 360 g/mol. The molecule has 154 valence electrons. The molecule has 0 spiro atoms. The minimum Gasteiger partial charge on any atom is -0.342 e. The van der Waals surface area contributed by atoms with Crippen LogP contribution in [0.5, 0.6) is 0 Å². The van der Waals surface area contributed by atoms with E-state index in [2.05, 4.69) is 48.3 Å². The fourth-order valence-corrected chi connectivity index (χ4v) is 3.88. The van der Waals surface area contributed by atoms with Gasteiger partial charge in [0, 0.05) is 12.1 Å². The van der Waals surface area contributed by atoms with Crippen molar-refractivity contribution in [2.75, 3.05) is 13.1 Å². The minimum absolute atomic E-state index is 0.106. The van der Waals surface area contributed by atoms with Gasteiger partial charge in [-0.25, -0.2) is 0 Å². The fourth-order valence-electron chi connectivity index (χ4n) is 3.88. The molecule has 0 saturated heterocycles. The Morgan fingerprint density at radius 3 is 2.38 bits per heavy atom. The van der Waals surface area contributed by atoms with Crippen LogP contribution in [0.4, 0.5) is 0 Å².